The first-order chi connectivity index (χ1) is 12.7. The molecule has 0 aliphatic heterocycles. The molecule has 0 bridgehead atoms. The Labute approximate surface area is 155 Å². The largest absolute Gasteiger partial charge is 0.394 e. The predicted octanol–water partition coefficient (Wildman–Crippen LogP) is 4.01. The second-order valence-corrected chi connectivity index (χ2v) is 6.67. The van der Waals surface area contributed by atoms with Crippen LogP contribution >= 0.6 is 0 Å². The monoisotopic (exact) mass is 352 g/mol. The summed E-state index contributed by atoms with van der Waals surface area (Å²) < 4.78 is 2.18. The molecule has 0 aliphatic carbocycles. The van der Waals surface area contributed by atoms with E-state index >= 15 is 0 Å². The number of hydrogen-bond donors (Lipinski definition) is 2. The van der Waals surface area contributed by atoms with Gasteiger partial charge in [-0.15, -0.1) is 0 Å². The van der Waals surface area contributed by atoms with Gasteiger partial charge in [0.05, 0.1) is 18.2 Å². The zero-order chi connectivity index (χ0) is 18.4. The summed E-state index contributed by atoms with van der Waals surface area (Å²) in [6.07, 6.45) is 5.98. The van der Waals surface area contributed by atoms with Crippen LogP contribution in [0.15, 0.2) is 42.6 Å². The van der Waals surface area contributed by atoms with Crippen molar-refractivity contribution in [3.8, 4) is 0 Å². The second-order valence-electron chi connectivity index (χ2n) is 6.67. The maximum Gasteiger partial charge on any atom is 0.154 e. The molecule has 2 heterocycles. The molecule has 1 atom stereocenters. The van der Waals surface area contributed by atoms with Crippen LogP contribution in [-0.2, 0) is 13.0 Å². The lowest BCUT2D eigenvalue weighted by molar-refractivity contribution is 0.267. The van der Waals surface area contributed by atoms with E-state index in [0.717, 1.165) is 54.9 Å². The van der Waals surface area contributed by atoms with E-state index < -0.39 is 0 Å². The van der Waals surface area contributed by atoms with E-state index in [4.69, 9.17) is 4.98 Å². The first kappa shape index (κ1) is 18.4. The molecule has 5 nitrogen and oxygen atoms in total. The lowest BCUT2D eigenvalue weighted by atomic mass is 10.1. The van der Waals surface area contributed by atoms with Crippen molar-refractivity contribution in [3.05, 3.63) is 54.0 Å². The summed E-state index contributed by atoms with van der Waals surface area (Å²) >= 11 is 0. The SMILES string of the molecule is CCCCC(CO)Nc1nc(CC)nc2ccn(Cc3ccccc3)c12. The van der Waals surface area contributed by atoms with Crippen LogP contribution in [-0.4, -0.2) is 32.3 Å². The van der Waals surface area contributed by atoms with E-state index in [1.165, 1.54) is 5.56 Å². The smallest absolute Gasteiger partial charge is 0.154 e. The summed E-state index contributed by atoms with van der Waals surface area (Å²) in [6.45, 7) is 5.10. The summed E-state index contributed by atoms with van der Waals surface area (Å²) in [5, 5.41) is 13.2. The molecule has 0 spiro atoms. The minimum Gasteiger partial charge on any atom is -0.394 e. The number of nitrogens with zero attached hydrogens (tertiary/aromatic N) is 3. The Morgan fingerprint density at radius 1 is 1.12 bits per heavy atom. The average molecular weight is 352 g/mol. The molecule has 0 fully saturated rings. The predicted molar refractivity (Wildman–Crippen MR) is 106 cm³/mol. The maximum atomic E-state index is 9.75. The summed E-state index contributed by atoms with van der Waals surface area (Å²) in [7, 11) is 0. The molecular weight excluding hydrogens is 324 g/mol. The van der Waals surface area contributed by atoms with Crippen molar-refractivity contribution < 1.29 is 5.11 Å². The zero-order valence-electron chi connectivity index (χ0n) is 15.7. The van der Waals surface area contributed by atoms with Gasteiger partial charge in [-0.25, -0.2) is 9.97 Å². The highest BCUT2D eigenvalue weighted by Crippen LogP contribution is 2.24. The maximum absolute atomic E-state index is 9.75. The number of fused-ring (bicyclic) bond motifs is 1. The molecule has 1 aromatic carbocycles. The number of aryl methyl sites for hydroxylation is 1. The molecule has 0 aliphatic rings. The average Bonchev–Trinajstić information content (AvgIpc) is 3.08. The zero-order valence-corrected chi connectivity index (χ0v) is 15.7. The highest BCUT2D eigenvalue weighted by Gasteiger charge is 2.15. The van der Waals surface area contributed by atoms with Crippen molar-refractivity contribution in [2.45, 2.75) is 52.1 Å². The topological polar surface area (TPSA) is 63.0 Å². The van der Waals surface area contributed by atoms with Gasteiger partial charge in [0.2, 0.25) is 0 Å². The van der Waals surface area contributed by atoms with Crippen LogP contribution in [0.25, 0.3) is 11.0 Å². The lowest BCUT2D eigenvalue weighted by Crippen LogP contribution is -2.25. The molecule has 0 saturated heterocycles. The van der Waals surface area contributed by atoms with Crippen LogP contribution in [0.4, 0.5) is 5.82 Å². The Balaban J connectivity index is 1.97. The number of anilines is 1. The Bertz CT molecular complexity index is 829. The fourth-order valence-electron chi connectivity index (χ4n) is 3.18. The van der Waals surface area contributed by atoms with E-state index in [1.54, 1.807) is 0 Å². The highest BCUT2D eigenvalue weighted by molar-refractivity contribution is 5.86. The Morgan fingerprint density at radius 2 is 1.92 bits per heavy atom. The molecule has 0 saturated carbocycles. The van der Waals surface area contributed by atoms with Crippen molar-refractivity contribution in [2.75, 3.05) is 11.9 Å². The minimum absolute atomic E-state index is 0.0119. The summed E-state index contributed by atoms with van der Waals surface area (Å²) in [6, 6.07) is 12.4. The summed E-state index contributed by atoms with van der Waals surface area (Å²) in [5.74, 6) is 1.65. The van der Waals surface area contributed by atoms with Gasteiger partial charge in [-0.2, -0.15) is 0 Å². The van der Waals surface area contributed by atoms with Gasteiger partial charge in [0.15, 0.2) is 5.82 Å². The van der Waals surface area contributed by atoms with Crippen molar-refractivity contribution in [1.82, 2.24) is 14.5 Å². The van der Waals surface area contributed by atoms with Gasteiger partial charge >= 0.3 is 0 Å². The normalized spacial score (nSPS) is 12.4. The van der Waals surface area contributed by atoms with Gasteiger partial charge in [0.25, 0.3) is 0 Å². The third kappa shape index (κ3) is 4.22. The van der Waals surface area contributed by atoms with Gasteiger partial charge in [-0.3, -0.25) is 0 Å². The highest BCUT2D eigenvalue weighted by atomic mass is 16.3. The standard InChI is InChI=1S/C21H28N4O/c1-3-5-11-17(15-26)22-21-20-18(23-19(4-2)24-21)12-13-25(20)14-16-9-7-6-8-10-16/h6-10,12-13,17,26H,3-5,11,14-15H2,1-2H3,(H,22,23,24). The van der Waals surface area contributed by atoms with Gasteiger partial charge in [-0.05, 0) is 18.1 Å². The van der Waals surface area contributed by atoms with E-state index in [-0.39, 0.29) is 12.6 Å². The molecule has 26 heavy (non-hydrogen) atoms. The molecular formula is C21H28N4O. The first-order valence-electron chi connectivity index (χ1n) is 9.52. The quantitative estimate of drug-likeness (QED) is 0.611. The number of aromatic nitrogens is 3. The Hall–Kier alpha value is -2.40. The number of aliphatic hydroxyl groups excluding tert-OH is 1. The molecule has 3 aromatic rings. The summed E-state index contributed by atoms with van der Waals surface area (Å²) in [4.78, 5) is 9.41. The van der Waals surface area contributed by atoms with Crippen LogP contribution in [0.5, 0.6) is 0 Å². The molecule has 3 rings (SSSR count). The number of hydrogen-bond acceptors (Lipinski definition) is 4. The molecule has 2 aromatic heterocycles. The van der Waals surface area contributed by atoms with Crippen LogP contribution in [0.3, 0.4) is 0 Å². The van der Waals surface area contributed by atoms with E-state index in [2.05, 4.69) is 59.2 Å². The Kier molecular flexibility index (Phi) is 6.23. The van der Waals surface area contributed by atoms with Crippen molar-refractivity contribution in [1.29, 1.82) is 0 Å². The van der Waals surface area contributed by atoms with E-state index in [9.17, 15) is 5.11 Å². The van der Waals surface area contributed by atoms with E-state index in [0.29, 0.717) is 0 Å². The number of unbranched alkanes of at least 4 members (excludes halogenated alkanes) is 1. The van der Waals surface area contributed by atoms with Crippen LogP contribution < -0.4 is 5.32 Å². The molecule has 5 heteroatoms. The van der Waals surface area contributed by atoms with Crippen LogP contribution in [0, 0.1) is 0 Å². The number of aliphatic hydroxyl groups is 1. The summed E-state index contributed by atoms with van der Waals surface area (Å²) in [5.41, 5.74) is 3.18. The fourth-order valence-corrected chi connectivity index (χ4v) is 3.18. The second kappa shape index (κ2) is 8.81. The first-order valence-corrected chi connectivity index (χ1v) is 9.52. The fraction of sp³-hybridized carbons (Fsp3) is 0.429. The molecule has 1 unspecified atom stereocenters. The molecule has 2 N–H and O–H groups in total. The number of benzene rings is 1. The third-order valence-electron chi connectivity index (χ3n) is 4.64. The van der Waals surface area contributed by atoms with Crippen molar-refractivity contribution in [3.63, 3.8) is 0 Å². The number of rotatable bonds is 9. The lowest BCUT2D eigenvalue weighted by Gasteiger charge is -2.19. The third-order valence-corrected chi connectivity index (χ3v) is 4.64. The van der Waals surface area contributed by atoms with Crippen molar-refractivity contribution in [2.24, 2.45) is 0 Å². The van der Waals surface area contributed by atoms with E-state index in [1.807, 2.05) is 12.1 Å². The van der Waals surface area contributed by atoms with Crippen LogP contribution in [0.1, 0.15) is 44.5 Å². The molecule has 0 radical (unpaired) electrons. The van der Waals surface area contributed by atoms with Crippen LogP contribution in [0.2, 0.25) is 0 Å². The van der Waals surface area contributed by atoms with Gasteiger partial charge in [0.1, 0.15) is 11.3 Å². The van der Waals surface area contributed by atoms with Gasteiger partial charge in [0, 0.05) is 19.2 Å². The van der Waals surface area contributed by atoms with Crippen molar-refractivity contribution >= 4 is 16.9 Å². The van der Waals surface area contributed by atoms with Gasteiger partial charge < -0.3 is 15.0 Å². The Morgan fingerprint density at radius 3 is 2.62 bits per heavy atom. The minimum atomic E-state index is 0.0119. The van der Waals surface area contributed by atoms with Gasteiger partial charge in [-0.1, -0.05) is 57.0 Å². The number of nitrogens with one attached hydrogen (secondary N) is 1. The molecule has 138 valence electrons. The molecule has 0 amide bonds.